The standard InChI is InChI=1S/C27H29ClN2O5S.ClH/c1-3-4-5-21(35-25(31)14-29)16-34-22-11-10-20(13-23(22)33-2)30-15-18-12-24(36-26(18)27(30)32)17-6-8-19(28)9-7-17;/h6-13,21H,3-5,14-16,29H2,1-2H3;1H/t21-;/m1./s1. The number of nitrogens with zero attached hydrogens (tertiary/aromatic N) is 1. The number of rotatable bonds is 11. The zero-order chi connectivity index (χ0) is 25.7. The van der Waals surface area contributed by atoms with Crippen molar-refractivity contribution in [2.24, 2.45) is 5.73 Å². The lowest BCUT2D eigenvalue weighted by molar-refractivity contribution is -0.149. The average Bonchev–Trinajstić information content (AvgIpc) is 3.45. The van der Waals surface area contributed by atoms with Gasteiger partial charge in [-0.05, 0) is 54.3 Å². The number of anilines is 1. The molecule has 2 heterocycles. The van der Waals surface area contributed by atoms with Gasteiger partial charge in [0, 0.05) is 21.7 Å². The van der Waals surface area contributed by atoms with Crippen molar-refractivity contribution in [2.45, 2.75) is 38.8 Å². The number of halogens is 2. The molecule has 0 saturated carbocycles. The molecular weight excluding hydrogens is 535 g/mol. The van der Waals surface area contributed by atoms with Gasteiger partial charge < -0.3 is 24.8 Å². The number of esters is 1. The molecule has 37 heavy (non-hydrogen) atoms. The Hall–Kier alpha value is -2.78. The SMILES string of the molecule is CCCC[C@H](COc1ccc(N2Cc3cc(-c4ccc(Cl)cc4)sc3C2=O)cc1OC)OC(=O)CN.Cl. The lowest BCUT2D eigenvalue weighted by atomic mass is 10.1. The van der Waals surface area contributed by atoms with Crippen molar-refractivity contribution in [3.63, 3.8) is 0 Å². The van der Waals surface area contributed by atoms with Crippen LogP contribution < -0.4 is 20.1 Å². The Labute approximate surface area is 231 Å². The van der Waals surface area contributed by atoms with Crippen LogP contribution in [0, 0.1) is 0 Å². The fraction of sp³-hybridized carbons (Fsp3) is 0.333. The van der Waals surface area contributed by atoms with Crippen LogP contribution in [0.25, 0.3) is 10.4 Å². The van der Waals surface area contributed by atoms with Crippen molar-refractivity contribution in [1.82, 2.24) is 0 Å². The van der Waals surface area contributed by atoms with Crippen LogP contribution in [0.3, 0.4) is 0 Å². The molecule has 0 aliphatic carbocycles. The van der Waals surface area contributed by atoms with E-state index in [-0.39, 0.29) is 31.5 Å². The topological polar surface area (TPSA) is 91.1 Å². The fourth-order valence-corrected chi connectivity index (χ4v) is 5.28. The minimum absolute atomic E-state index is 0. The van der Waals surface area contributed by atoms with E-state index >= 15 is 0 Å². The minimum atomic E-state index is -0.457. The highest BCUT2D eigenvalue weighted by atomic mass is 35.5. The summed E-state index contributed by atoms with van der Waals surface area (Å²) in [7, 11) is 1.55. The molecular formula is C27H30Cl2N2O5S. The second-order valence-electron chi connectivity index (χ2n) is 8.47. The summed E-state index contributed by atoms with van der Waals surface area (Å²) in [6.07, 6.45) is 2.18. The quantitative estimate of drug-likeness (QED) is 0.283. The lowest BCUT2D eigenvalue weighted by Crippen LogP contribution is -2.28. The molecule has 0 unspecified atom stereocenters. The molecule has 1 amide bonds. The van der Waals surface area contributed by atoms with Gasteiger partial charge in [0.25, 0.3) is 5.91 Å². The number of carbonyl (C=O) groups excluding carboxylic acids is 2. The van der Waals surface area contributed by atoms with E-state index in [1.807, 2.05) is 30.3 Å². The number of benzene rings is 2. The smallest absolute Gasteiger partial charge is 0.320 e. The van der Waals surface area contributed by atoms with Gasteiger partial charge in [0.05, 0.1) is 25.1 Å². The summed E-state index contributed by atoms with van der Waals surface area (Å²) in [4.78, 5) is 28.4. The molecule has 1 aromatic heterocycles. The molecule has 0 saturated heterocycles. The van der Waals surface area contributed by atoms with Gasteiger partial charge in [-0.15, -0.1) is 23.7 Å². The highest BCUT2D eigenvalue weighted by molar-refractivity contribution is 7.17. The highest BCUT2D eigenvalue weighted by Gasteiger charge is 2.32. The van der Waals surface area contributed by atoms with Gasteiger partial charge in [-0.2, -0.15) is 0 Å². The third-order valence-corrected chi connectivity index (χ3v) is 7.40. The Morgan fingerprint density at radius 1 is 1.16 bits per heavy atom. The van der Waals surface area contributed by atoms with E-state index in [0.717, 1.165) is 39.4 Å². The van der Waals surface area contributed by atoms with Crippen LogP contribution in [0.4, 0.5) is 5.69 Å². The van der Waals surface area contributed by atoms with E-state index in [4.69, 9.17) is 31.5 Å². The Kier molecular flexibility index (Phi) is 10.2. The van der Waals surface area contributed by atoms with Crippen LogP contribution >= 0.6 is 35.3 Å². The van der Waals surface area contributed by atoms with Gasteiger partial charge in [-0.3, -0.25) is 9.59 Å². The van der Waals surface area contributed by atoms with Crippen LogP contribution in [0.2, 0.25) is 5.02 Å². The normalized spacial score (nSPS) is 13.1. The van der Waals surface area contributed by atoms with E-state index < -0.39 is 12.1 Å². The molecule has 2 N–H and O–H groups in total. The predicted octanol–water partition coefficient (Wildman–Crippen LogP) is 6.10. The van der Waals surface area contributed by atoms with Gasteiger partial charge in [-0.25, -0.2) is 0 Å². The first-order valence-electron chi connectivity index (χ1n) is 11.8. The van der Waals surface area contributed by atoms with Crippen LogP contribution in [0.5, 0.6) is 11.5 Å². The van der Waals surface area contributed by atoms with Crippen LogP contribution in [0.1, 0.15) is 41.4 Å². The maximum absolute atomic E-state index is 13.2. The third-order valence-electron chi connectivity index (χ3n) is 5.93. The molecule has 10 heteroatoms. The summed E-state index contributed by atoms with van der Waals surface area (Å²) in [6, 6.07) is 15.1. The van der Waals surface area contributed by atoms with Gasteiger partial charge in [0.15, 0.2) is 11.5 Å². The van der Waals surface area contributed by atoms with Gasteiger partial charge in [0.2, 0.25) is 0 Å². The van der Waals surface area contributed by atoms with E-state index in [1.54, 1.807) is 24.1 Å². The number of nitrogens with two attached hydrogens (primary N) is 1. The summed E-state index contributed by atoms with van der Waals surface area (Å²) in [5.74, 6) is 0.510. The molecule has 1 aliphatic rings. The Morgan fingerprint density at radius 2 is 1.92 bits per heavy atom. The largest absolute Gasteiger partial charge is 0.493 e. The molecule has 7 nitrogen and oxygen atoms in total. The zero-order valence-electron chi connectivity index (χ0n) is 20.7. The summed E-state index contributed by atoms with van der Waals surface area (Å²) in [5.41, 5.74) is 8.14. The Bertz CT molecular complexity index is 1230. The van der Waals surface area contributed by atoms with Gasteiger partial charge in [-0.1, -0.05) is 37.1 Å². The molecule has 1 aliphatic heterocycles. The molecule has 4 rings (SSSR count). The van der Waals surface area contributed by atoms with Crippen molar-refractivity contribution in [2.75, 3.05) is 25.2 Å². The number of carbonyl (C=O) groups is 2. The van der Waals surface area contributed by atoms with Crippen LogP contribution in [0.15, 0.2) is 48.5 Å². The molecule has 198 valence electrons. The number of hydrogen-bond donors (Lipinski definition) is 1. The van der Waals surface area contributed by atoms with E-state index in [9.17, 15) is 9.59 Å². The van der Waals surface area contributed by atoms with E-state index in [1.165, 1.54) is 11.3 Å². The second kappa shape index (κ2) is 13.1. The third kappa shape index (κ3) is 6.76. The van der Waals surface area contributed by atoms with Gasteiger partial charge in [0.1, 0.15) is 12.7 Å². The zero-order valence-corrected chi connectivity index (χ0v) is 23.1. The molecule has 1 atom stereocenters. The van der Waals surface area contributed by atoms with E-state index in [0.29, 0.717) is 29.5 Å². The fourth-order valence-electron chi connectivity index (χ4n) is 4.03. The molecule has 0 spiro atoms. The first-order valence-corrected chi connectivity index (χ1v) is 13.0. The first-order chi connectivity index (χ1) is 17.4. The predicted molar refractivity (Wildman–Crippen MR) is 149 cm³/mol. The van der Waals surface area contributed by atoms with E-state index in [2.05, 4.69) is 13.0 Å². The Morgan fingerprint density at radius 3 is 2.57 bits per heavy atom. The number of amides is 1. The maximum Gasteiger partial charge on any atom is 0.320 e. The summed E-state index contributed by atoms with van der Waals surface area (Å²) < 4.78 is 16.9. The summed E-state index contributed by atoms with van der Waals surface area (Å²) in [6.45, 7) is 2.57. The molecule has 0 bridgehead atoms. The molecule has 0 radical (unpaired) electrons. The second-order valence-corrected chi connectivity index (χ2v) is 9.96. The number of fused-ring (bicyclic) bond motifs is 1. The minimum Gasteiger partial charge on any atom is -0.493 e. The molecule has 0 fully saturated rings. The summed E-state index contributed by atoms with van der Waals surface area (Å²) in [5, 5.41) is 0.680. The van der Waals surface area contributed by atoms with Crippen LogP contribution in [-0.2, 0) is 16.1 Å². The number of unbranched alkanes of at least 4 members (excludes halogenated alkanes) is 1. The Balaban J connectivity index is 0.00000380. The maximum atomic E-state index is 13.2. The highest BCUT2D eigenvalue weighted by Crippen LogP contribution is 2.40. The number of ether oxygens (including phenoxy) is 3. The van der Waals surface area contributed by atoms with Crippen molar-refractivity contribution in [1.29, 1.82) is 0 Å². The molecule has 2 aromatic carbocycles. The number of methoxy groups -OCH3 is 1. The number of hydrogen-bond acceptors (Lipinski definition) is 7. The average molecular weight is 566 g/mol. The lowest BCUT2D eigenvalue weighted by Gasteiger charge is -2.21. The molecule has 3 aromatic rings. The first kappa shape index (κ1) is 28.8. The van der Waals surface area contributed by atoms with Crippen molar-refractivity contribution < 1.29 is 23.8 Å². The van der Waals surface area contributed by atoms with Crippen molar-refractivity contribution >= 4 is 52.9 Å². The van der Waals surface area contributed by atoms with Crippen molar-refractivity contribution in [3.05, 3.63) is 64.0 Å². The monoisotopic (exact) mass is 564 g/mol. The summed E-state index contributed by atoms with van der Waals surface area (Å²) >= 11 is 7.48. The van der Waals surface area contributed by atoms with Crippen molar-refractivity contribution in [3.8, 4) is 21.9 Å². The van der Waals surface area contributed by atoms with Crippen LogP contribution in [-0.4, -0.2) is 38.2 Å². The van der Waals surface area contributed by atoms with Gasteiger partial charge >= 0.3 is 5.97 Å². The number of thiophene rings is 1.